The van der Waals surface area contributed by atoms with Crippen molar-refractivity contribution in [3.8, 4) is 0 Å². The van der Waals surface area contributed by atoms with Crippen LogP contribution < -0.4 is 5.32 Å². The summed E-state index contributed by atoms with van der Waals surface area (Å²) in [4.78, 5) is 22.9. The van der Waals surface area contributed by atoms with Gasteiger partial charge >= 0.3 is 0 Å². The second-order valence-corrected chi connectivity index (χ2v) is 7.07. The molecule has 0 bridgehead atoms. The number of allylic oxidation sites excluding steroid dienone is 1. The molecule has 2 aromatic rings. The molecule has 0 saturated heterocycles. The van der Waals surface area contributed by atoms with E-state index in [4.69, 9.17) is 0 Å². The van der Waals surface area contributed by atoms with Crippen LogP contribution in [0.1, 0.15) is 30.1 Å². The lowest BCUT2D eigenvalue weighted by Crippen LogP contribution is -2.16. The number of nitro benzene ring substituents is 1. The number of carbonyl (C=O) groups is 1. The van der Waals surface area contributed by atoms with Crippen LogP contribution in [0.25, 0.3) is 0 Å². The third-order valence-corrected chi connectivity index (χ3v) is 4.92. The van der Waals surface area contributed by atoms with Crippen molar-refractivity contribution in [2.24, 2.45) is 0 Å². The van der Waals surface area contributed by atoms with Crippen LogP contribution in [0.5, 0.6) is 0 Å². The highest BCUT2D eigenvalue weighted by atomic mass is 32.2. The first kappa shape index (κ1) is 18.1. The van der Waals surface area contributed by atoms with E-state index in [0.717, 1.165) is 24.2 Å². The van der Waals surface area contributed by atoms with E-state index in [0.29, 0.717) is 17.6 Å². The minimum atomic E-state index is -0.502. The number of amides is 1. The maximum atomic E-state index is 12.2. The van der Waals surface area contributed by atoms with Crippen LogP contribution in [0.4, 0.5) is 11.4 Å². The molecule has 0 unspecified atom stereocenters. The molecule has 0 aliphatic heterocycles. The van der Waals surface area contributed by atoms with E-state index >= 15 is 0 Å². The molecule has 1 aromatic heterocycles. The number of thioether (sulfide) groups is 1. The number of carbonyl (C=O) groups excluding carboxylic acids is 1. The van der Waals surface area contributed by atoms with Crippen molar-refractivity contribution < 1.29 is 9.72 Å². The number of aromatic nitrogens is 3. The number of nitrogens with one attached hydrogen (secondary N) is 1. The maximum absolute atomic E-state index is 12.2. The standard InChI is InChI=1S/C17H19N5O3S/c1-3-8-21-16(12-5-6-12)19-20-17(21)26-10-15(23)18-13-7-4-11(2)9-14(13)22(24)25/h3-4,7,9,12H,1,5-6,8,10H2,2H3,(H,18,23). The Morgan fingerprint density at radius 1 is 1.50 bits per heavy atom. The molecular formula is C17H19N5O3S. The van der Waals surface area contributed by atoms with Crippen molar-refractivity contribution >= 4 is 29.0 Å². The number of anilines is 1. The Hall–Kier alpha value is -2.68. The van der Waals surface area contributed by atoms with E-state index in [2.05, 4.69) is 22.1 Å². The third-order valence-electron chi connectivity index (χ3n) is 3.96. The van der Waals surface area contributed by atoms with Gasteiger partial charge in [0, 0.05) is 18.5 Å². The van der Waals surface area contributed by atoms with Crippen LogP contribution in [0, 0.1) is 17.0 Å². The van der Waals surface area contributed by atoms with Crippen molar-refractivity contribution in [1.29, 1.82) is 0 Å². The van der Waals surface area contributed by atoms with Crippen LogP contribution in [-0.2, 0) is 11.3 Å². The first-order chi connectivity index (χ1) is 12.5. The fourth-order valence-electron chi connectivity index (χ4n) is 2.57. The number of hydrogen-bond donors (Lipinski definition) is 1. The zero-order valence-corrected chi connectivity index (χ0v) is 15.2. The van der Waals surface area contributed by atoms with Crippen molar-refractivity contribution in [1.82, 2.24) is 14.8 Å². The van der Waals surface area contributed by atoms with Crippen LogP contribution in [-0.4, -0.2) is 31.3 Å². The van der Waals surface area contributed by atoms with Gasteiger partial charge in [0.05, 0.1) is 10.7 Å². The summed E-state index contributed by atoms with van der Waals surface area (Å²) in [6.07, 6.45) is 3.99. The first-order valence-electron chi connectivity index (χ1n) is 8.21. The number of rotatable bonds is 8. The van der Waals surface area contributed by atoms with E-state index in [1.54, 1.807) is 25.1 Å². The highest BCUT2D eigenvalue weighted by molar-refractivity contribution is 7.99. The fraction of sp³-hybridized carbons (Fsp3) is 0.353. The normalized spacial score (nSPS) is 13.4. The Balaban J connectivity index is 1.67. The van der Waals surface area contributed by atoms with Gasteiger partial charge in [-0.25, -0.2) is 0 Å². The summed E-state index contributed by atoms with van der Waals surface area (Å²) in [6, 6.07) is 4.70. The highest BCUT2D eigenvalue weighted by Crippen LogP contribution is 2.40. The van der Waals surface area contributed by atoms with Crippen LogP contribution in [0.2, 0.25) is 0 Å². The quantitative estimate of drug-likeness (QED) is 0.330. The summed E-state index contributed by atoms with van der Waals surface area (Å²) in [5.74, 6) is 1.14. The maximum Gasteiger partial charge on any atom is 0.293 e. The van der Waals surface area contributed by atoms with Gasteiger partial charge in [0.25, 0.3) is 5.69 Å². The zero-order chi connectivity index (χ0) is 18.7. The van der Waals surface area contributed by atoms with Gasteiger partial charge in [-0.1, -0.05) is 23.9 Å². The topological polar surface area (TPSA) is 103 Å². The molecule has 1 fully saturated rings. The second kappa shape index (κ2) is 7.69. The number of nitro groups is 1. The SMILES string of the molecule is C=CCn1c(SCC(=O)Nc2ccc(C)cc2[N+](=O)[O-])nnc1C1CC1. The molecule has 1 heterocycles. The minimum Gasteiger partial charge on any atom is -0.320 e. The average molecular weight is 373 g/mol. The van der Waals surface area contributed by atoms with Crippen LogP contribution in [0.3, 0.4) is 0 Å². The molecule has 136 valence electrons. The molecule has 1 aliphatic rings. The summed E-state index contributed by atoms with van der Waals surface area (Å²) < 4.78 is 1.97. The summed E-state index contributed by atoms with van der Waals surface area (Å²) in [5.41, 5.74) is 0.834. The molecule has 0 spiro atoms. The Morgan fingerprint density at radius 2 is 2.27 bits per heavy atom. The molecule has 1 amide bonds. The van der Waals surface area contributed by atoms with Gasteiger partial charge in [0.15, 0.2) is 5.16 Å². The molecule has 0 atom stereocenters. The van der Waals surface area contributed by atoms with Gasteiger partial charge in [-0.15, -0.1) is 16.8 Å². The lowest BCUT2D eigenvalue weighted by atomic mass is 10.2. The molecule has 1 aliphatic carbocycles. The van der Waals surface area contributed by atoms with E-state index < -0.39 is 4.92 Å². The number of aryl methyl sites for hydroxylation is 1. The molecule has 0 radical (unpaired) electrons. The van der Waals surface area contributed by atoms with E-state index in [-0.39, 0.29) is 23.0 Å². The van der Waals surface area contributed by atoms with Crippen LogP contribution in [0.15, 0.2) is 36.0 Å². The van der Waals surface area contributed by atoms with Gasteiger partial charge in [0.1, 0.15) is 11.5 Å². The van der Waals surface area contributed by atoms with Crippen molar-refractivity contribution in [3.05, 3.63) is 52.4 Å². The Morgan fingerprint density at radius 3 is 2.92 bits per heavy atom. The zero-order valence-electron chi connectivity index (χ0n) is 14.3. The third kappa shape index (κ3) is 4.10. The smallest absolute Gasteiger partial charge is 0.293 e. The summed E-state index contributed by atoms with van der Waals surface area (Å²) >= 11 is 1.26. The molecule has 9 heteroatoms. The number of nitrogens with zero attached hydrogens (tertiary/aromatic N) is 4. The van der Waals surface area contributed by atoms with Gasteiger partial charge in [0.2, 0.25) is 5.91 Å². The predicted molar refractivity (Wildman–Crippen MR) is 99.4 cm³/mol. The lowest BCUT2D eigenvalue weighted by Gasteiger charge is -2.08. The number of hydrogen-bond acceptors (Lipinski definition) is 6. The summed E-state index contributed by atoms with van der Waals surface area (Å²) in [5, 5.41) is 22.8. The Labute approximate surface area is 154 Å². The van der Waals surface area contributed by atoms with Gasteiger partial charge < -0.3 is 9.88 Å². The van der Waals surface area contributed by atoms with E-state index in [9.17, 15) is 14.9 Å². The molecule has 1 N–H and O–H groups in total. The molecule has 26 heavy (non-hydrogen) atoms. The molecule has 1 saturated carbocycles. The van der Waals surface area contributed by atoms with Crippen molar-refractivity contribution in [3.63, 3.8) is 0 Å². The Kier molecular flexibility index (Phi) is 5.36. The van der Waals surface area contributed by atoms with Crippen molar-refractivity contribution in [2.45, 2.75) is 37.4 Å². The first-order valence-corrected chi connectivity index (χ1v) is 9.20. The Bertz CT molecular complexity index is 860. The summed E-state index contributed by atoms with van der Waals surface area (Å²) in [6.45, 7) is 6.10. The monoisotopic (exact) mass is 373 g/mol. The predicted octanol–water partition coefficient (Wildman–Crippen LogP) is 3.29. The average Bonchev–Trinajstić information content (AvgIpc) is 3.37. The largest absolute Gasteiger partial charge is 0.320 e. The molecule has 8 nitrogen and oxygen atoms in total. The summed E-state index contributed by atoms with van der Waals surface area (Å²) in [7, 11) is 0. The molecule has 3 rings (SSSR count). The van der Waals surface area contributed by atoms with Crippen molar-refractivity contribution in [2.75, 3.05) is 11.1 Å². The minimum absolute atomic E-state index is 0.0883. The lowest BCUT2D eigenvalue weighted by molar-refractivity contribution is -0.384. The number of benzene rings is 1. The van der Waals surface area contributed by atoms with E-state index in [1.807, 2.05) is 4.57 Å². The van der Waals surface area contributed by atoms with E-state index in [1.165, 1.54) is 17.8 Å². The van der Waals surface area contributed by atoms with Gasteiger partial charge in [-0.2, -0.15) is 0 Å². The van der Waals surface area contributed by atoms with Gasteiger partial charge in [-0.05, 0) is 31.4 Å². The van der Waals surface area contributed by atoms with Crippen LogP contribution >= 0.6 is 11.8 Å². The highest BCUT2D eigenvalue weighted by Gasteiger charge is 2.30. The molecule has 1 aromatic carbocycles. The van der Waals surface area contributed by atoms with Gasteiger partial charge in [-0.3, -0.25) is 14.9 Å². The molecular weight excluding hydrogens is 354 g/mol. The second-order valence-electron chi connectivity index (χ2n) is 6.13. The fourth-order valence-corrected chi connectivity index (χ4v) is 3.32.